The lowest BCUT2D eigenvalue weighted by atomic mass is 9.93. The summed E-state index contributed by atoms with van der Waals surface area (Å²) in [6, 6.07) is 15.7. The first-order chi connectivity index (χ1) is 15.6. The molecule has 6 nitrogen and oxygen atoms in total. The summed E-state index contributed by atoms with van der Waals surface area (Å²) in [6.45, 7) is 4.77. The smallest absolute Gasteiger partial charge is 0.263 e. The number of hydrogen-bond acceptors (Lipinski definition) is 4. The average Bonchev–Trinajstić information content (AvgIpc) is 3.63. The molecule has 2 aromatic rings. The van der Waals surface area contributed by atoms with Crippen molar-refractivity contribution in [2.75, 3.05) is 24.5 Å². The Labute approximate surface area is 188 Å². The first-order valence-electron chi connectivity index (χ1n) is 11.7. The van der Waals surface area contributed by atoms with Crippen LogP contribution in [0.15, 0.2) is 48.5 Å². The van der Waals surface area contributed by atoms with Gasteiger partial charge in [0.2, 0.25) is 5.91 Å². The molecule has 1 saturated heterocycles. The minimum absolute atomic E-state index is 0.00744. The molecule has 0 radical (unpaired) electrons. The van der Waals surface area contributed by atoms with E-state index in [1.165, 1.54) is 4.90 Å². The number of hydrogen-bond donors (Lipinski definition) is 0. The standard InChI is InChI=1S/C26H29N3O3/c1-2-27(17-18-7-4-3-5-8-18)24(30)19-13-15-28(16-14-19)22-10-6-9-21-23(22)26(32)29(25(21)31)20-11-12-20/h3-10,19-20H,2,11-17H2,1H3. The van der Waals surface area contributed by atoms with Crippen LogP contribution in [-0.4, -0.2) is 53.2 Å². The number of imide groups is 1. The molecule has 1 saturated carbocycles. The highest BCUT2D eigenvalue weighted by molar-refractivity contribution is 6.24. The molecule has 0 spiro atoms. The SMILES string of the molecule is CCN(Cc1ccccc1)C(=O)C1CCN(c2cccc3c2C(=O)N(C2CC2)C3=O)CC1. The molecule has 2 aromatic carbocycles. The molecule has 2 aliphatic heterocycles. The Morgan fingerprint density at radius 3 is 2.31 bits per heavy atom. The zero-order chi connectivity index (χ0) is 22.2. The number of nitrogens with zero attached hydrogens (tertiary/aromatic N) is 3. The second-order valence-corrected chi connectivity index (χ2v) is 9.01. The molecule has 2 heterocycles. The van der Waals surface area contributed by atoms with Gasteiger partial charge in [0.25, 0.3) is 11.8 Å². The minimum atomic E-state index is -0.154. The van der Waals surface area contributed by atoms with E-state index in [2.05, 4.69) is 17.0 Å². The molecule has 0 bridgehead atoms. The summed E-state index contributed by atoms with van der Waals surface area (Å²) in [5.41, 5.74) is 3.06. The van der Waals surface area contributed by atoms with Crippen molar-refractivity contribution in [3.05, 3.63) is 65.2 Å². The predicted molar refractivity (Wildman–Crippen MR) is 122 cm³/mol. The molecule has 0 atom stereocenters. The fourth-order valence-corrected chi connectivity index (χ4v) is 4.99. The van der Waals surface area contributed by atoms with E-state index in [-0.39, 0.29) is 29.7 Å². The van der Waals surface area contributed by atoms with Gasteiger partial charge in [-0.2, -0.15) is 0 Å². The summed E-state index contributed by atoms with van der Waals surface area (Å²) in [5, 5.41) is 0. The predicted octanol–water partition coefficient (Wildman–Crippen LogP) is 3.71. The fourth-order valence-electron chi connectivity index (χ4n) is 4.99. The van der Waals surface area contributed by atoms with Crippen molar-refractivity contribution in [3.8, 4) is 0 Å². The van der Waals surface area contributed by atoms with Crippen LogP contribution >= 0.6 is 0 Å². The van der Waals surface area contributed by atoms with Gasteiger partial charge in [-0.15, -0.1) is 0 Å². The Kier molecular flexibility index (Phi) is 5.45. The molecule has 3 aliphatic rings. The summed E-state index contributed by atoms with van der Waals surface area (Å²) in [6.07, 6.45) is 3.32. The average molecular weight is 432 g/mol. The van der Waals surface area contributed by atoms with Crippen LogP contribution in [0.5, 0.6) is 0 Å². The van der Waals surface area contributed by atoms with Gasteiger partial charge in [-0.3, -0.25) is 19.3 Å². The highest BCUT2D eigenvalue weighted by Gasteiger charge is 2.46. The Hall–Kier alpha value is -3.15. The highest BCUT2D eigenvalue weighted by atomic mass is 16.2. The molecule has 2 fully saturated rings. The van der Waals surface area contributed by atoms with Gasteiger partial charge in [-0.05, 0) is 50.3 Å². The number of rotatable bonds is 6. The Morgan fingerprint density at radius 1 is 0.938 bits per heavy atom. The van der Waals surface area contributed by atoms with Crippen LogP contribution in [0.2, 0.25) is 0 Å². The summed E-state index contributed by atoms with van der Waals surface area (Å²) in [4.78, 5) is 44.6. The van der Waals surface area contributed by atoms with E-state index < -0.39 is 0 Å². The van der Waals surface area contributed by atoms with Crippen LogP contribution in [0.3, 0.4) is 0 Å². The molecule has 0 unspecified atom stereocenters. The number of amides is 3. The fraction of sp³-hybridized carbons (Fsp3) is 0.423. The second-order valence-electron chi connectivity index (χ2n) is 9.01. The number of carbonyl (C=O) groups is 3. The first-order valence-corrected chi connectivity index (χ1v) is 11.7. The van der Waals surface area contributed by atoms with Crippen LogP contribution < -0.4 is 4.90 Å². The van der Waals surface area contributed by atoms with Gasteiger partial charge in [-0.1, -0.05) is 36.4 Å². The van der Waals surface area contributed by atoms with Gasteiger partial charge in [0, 0.05) is 38.1 Å². The Balaban J connectivity index is 1.27. The minimum Gasteiger partial charge on any atom is -0.371 e. The van der Waals surface area contributed by atoms with Gasteiger partial charge in [-0.25, -0.2) is 0 Å². The van der Waals surface area contributed by atoms with Crippen molar-refractivity contribution in [1.82, 2.24) is 9.80 Å². The van der Waals surface area contributed by atoms with Crippen LogP contribution in [0.25, 0.3) is 0 Å². The summed E-state index contributed by atoms with van der Waals surface area (Å²) < 4.78 is 0. The van der Waals surface area contributed by atoms with Crippen molar-refractivity contribution in [2.24, 2.45) is 5.92 Å². The maximum atomic E-state index is 13.2. The zero-order valence-electron chi connectivity index (χ0n) is 18.5. The second kappa shape index (κ2) is 8.41. The van der Waals surface area contributed by atoms with Crippen molar-refractivity contribution in [2.45, 2.75) is 45.2 Å². The number of benzene rings is 2. The molecule has 1 aliphatic carbocycles. The molecule has 166 valence electrons. The third-order valence-electron chi connectivity index (χ3n) is 6.93. The molecule has 32 heavy (non-hydrogen) atoms. The molecule has 0 N–H and O–H groups in total. The van der Waals surface area contributed by atoms with E-state index in [0.29, 0.717) is 37.3 Å². The van der Waals surface area contributed by atoms with Gasteiger partial charge in [0.05, 0.1) is 16.8 Å². The van der Waals surface area contributed by atoms with Crippen LogP contribution in [0.4, 0.5) is 5.69 Å². The lowest BCUT2D eigenvalue weighted by molar-refractivity contribution is -0.136. The number of carbonyl (C=O) groups excluding carboxylic acids is 3. The Morgan fingerprint density at radius 2 is 1.66 bits per heavy atom. The number of anilines is 1. The molecular weight excluding hydrogens is 402 g/mol. The van der Waals surface area contributed by atoms with Crippen molar-refractivity contribution in [1.29, 1.82) is 0 Å². The number of piperidine rings is 1. The zero-order valence-corrected chi connectivity index (χ0v) is 18.5. The van der Waals surface area contributed by atoms with Crippen LogP contribution in [0, 0.1) is 5.92 Å². The maximum absolute atomic E-state index is 13.2. The first kappa shape index (κ1) is 20.7. The van der Waals surface area contributed by atoms with Gasteiger partial charge >= 0.3 is 0 Å². The van der Waals surface area contributed by atoms with E-state index in [0.717, 1.165) is 36.9 Å². The van der Waals surface area contributed by atoms with E-state index >= 15 is 0 Å². The lowest BCUT2D eigenvalue weighted by Gasteiger charge is -2.36. The topological polar surface area (TPSA) is 60.9 Å². The largest absolute Gasteiger partial charge is 0.371 e. The summed E-state index contributed by atoms with van der Waals surface area (Å²) in [7, 11) is 0. The summed E-state index contributed by atoms with van der Waals surface area (Å²) >= 11 is 0. The molecule has 3 amide bonds. The lowest BCUT2D eigenvalue weighted by Crippen LogP contribution is -2.42. The van der Waals surface area contributed by atoms with Crippen molar-refractivity contribution >= 4 is 23.4 Å². The van der Waals surface area contributed by atoms with Gasteiger partial charge < -0.3 is 9.80 Å². The quantitative estimate of drug-likeness (QED) is 0.655. The molecular formula is C26H29N3O3. The summed E-state index contributed by atoms with van der Waals surface area (Å²) in [5.74, 6) is -0.104. The van der Waals surface area contributed by atoms with Crippen molar-refractivity contribution in [3.63, 3.8) is 0 Å². The molecule has 5 rings (SSSR count). The van der Waals surface area contributed by atoms with Crippen LogP contribution in [-0.2, 0) is 11.3 Å². The van der Waals surface area contributed by atoms with E-state index in [9.17, 15) is 14.4 Å². The van der Waals surface area contributed by atoms with Gasteiger partial charge in [0.1, 0.15) is 0 Å². The molecule has 0 aromatic heterocycles. The maximum Gasteiger partial charge on any atom is 0.263 e. The van der Waals surface area contributed by atoms with E-state index in [1.54, 1.807) is 6.07 Å². The normalized spacial score (nSPS) is 18.8. The third kappa shape index (κ3) is 3.68. The van der Waals surface area contributed by atoms with E-state index in [1.807, 2.05) is 42.2 Å². The Bertz CT molecular complexity index is 1040. The van der Waals surface area contributed by atoms with Gasteiger partial charge in [0.15, 0.2) is 0 Å². The number of fused-ring (bicyclic) bond motifs is 1. The third-order valence-corrected chi connectivity index (χ3v) is 6.93. The van der Waals surface area contributed by atoms with E-state index in [4.69, 9.17) is 0 Å². The monoisotopic (exact) mass is 431 g/mol. The van der Waals surface area contributed by atoms with Crippen LogP contribution in [0.1, 0.15) is 58.9 Å². The highest BCUT2D eigenvalue weighted by Crippen LogP contribution is 2.39. The molecule has 6 heteroatoms. The van der Waals surface area contributed by atoms with Crippen molar-refractivity contribution < 1.29 is 14.4 Å².